The van der Waals surface area contributed by atoms with Gasteiger partial charge < -0.3 is 20.3 Å². The van der Waals surface area contributed by atoms with Crippen molar-refractivity contribution in [2.45, 2.75) is 25.9 Å². The van der Waals surface area contributed by atoms with Crippen LogP contribution in [0.4, 0.5) is 5.82 Å². The molecule has 144 valence electrons. The van der Waals surface area contributed by atoms with Gasteiger partial charge >= 0.3 is 0 Å². The molecule has 0 spiro atoms. The van der Waals surface area contributed by atoms with Crippen LogP contribution in [0.25, 0.3) is 0 Å². The Morgan fingerprint density at radius 3 is 3.04 bits per heavy atom. The summed E-state index contributed by atoms with van der Waals surface area (Å²) in [6, 6.07) is 12.1. The Bertz CT molecular complexity index is 782. The average molecular weight is 388 g/mol. The van der Waals surface area contributed by atoms with E-state index in [0.29, 0.717) is 24.2 Å². The second kappa shape index (κ2) is 9.46. The van der Waals surface area contributed by atoms with Crippen LogP contribution in [0.2, 0.25) is 5.02 Å². The van der Waals surface area contributed by atoms with E-state index in [4.69, 9.17) is 16.3 Å². The third kappa shape index (κ3) is 5.26. The number of aromatic nitrogens is 1. The van der Waals surface area contributed by atoms with E-state index < -0.39 is 0 Å². The predicted octanol–water partition coefficient (Wildman–Crippen LogP) is 3.08. The first-order chi connectivity index (χ1) is 13.2. The van der Waals surface area contributed by atoms with E-state index in [-0.39, 0.29) is 0 Å². The highest BCUT2D eigenvalue weighted by atomic mass is 35.5. The number of rotatable bonds is 6. The highest BCUT2D eigenvalue weighted by molar-refractivity contribution is 6.32. The molecule has 2 N–H and O–H groups in total. The highest BCUT2D eigenvalue weighted by Gasteiger charge is 2.25. The Hall–Kier alpha value is -2.47. The summed E-state index contributed by atoms with van der Waals surface area (Å²) in [5.41, 5.74) is 1.15. The van der Waals surface area contributed by atoms with Gasteiger partial charge in [0.2, 0.25) is 0 Å². The third-order valence-electron chi connectivity index (χ3n) is 4.46. The zero-order valence-corrected chi connectivity index (χ0v) is 16.5. The number of nitrogens with one attached hydrogen (secondary N) is 2. The molecule has 27 heavy (non-hydrogen) atoms. The lowest BCUT2D eigenvalue weighted by molar-refractivity contribution is 0.340. The minimum atomic E-state index is 0.295. The van der Waals surface area contributed by atoms with Gasteiger partial charge in [-0.1, -0.05) is 23.7 Å². The predicted molar refractivity (Wildman–Crippen MR) is 111 cm³/mol. The molecule has 1 aliphatic heterocycles. The SMILES string of the molecule is CCOc1cccc(CNC(=NC)NC2CCN(c3ncccc3Cl)C2)c1. The number of guanidine groups is 1. The Balaban J connectivity index is 1.52. The van der Waals surface area contributed by atoms with Crippen LogP contribution in [-0.2, 0) is 6.54 Å². The number of hydrogen-bond acceptors (Lipinski definition) is 4. The first-order valence-electron chi connectivity index (χ1n) is 9.24. The van der Waals surface area contributed by atoms with E-state index in [1.807, 2.05) is 37.3 Å². The first-order valence-corrected chi connectivity index (χ1v) is 9.61. The Kier molecular flexibility index (Phi) is 6.76. The largest absolute Gasteiger partial charge is 0.494 e. The van der Waals surface area contributed by atoms with Crippen LogP contribution in [0.3, 0.4) is 0 Å². The van der Waals surface area contributed by atoms with Crippen LogP contribution >= 0.6 is 11.6 Å². The van der Waals surface area contributed by atoms with E-state index in [1.165, 1.54) is 0 Å². The summed E-state index contributed by atoms with van der Waals surface area (Å²) in [5, 5.41) is 7.55. The molecule has 0 aliphatic carbocycles. The lowest BCUT2D eigenvalue weighted by Gasteiger charge is -2.20. The van der Waals surface area contributed by atoms with Gasteiger partial charge in [0.25, 0.3) is 0 Å². The number of benzene rings is 1. The number of anilines is 1. The van der Waals surface area contributed by atoms with Gasteiger partial charge in [0.05, 0.1) is 11.6 Å². The normalized spacial score (nSPS) is 17.1. The highest BCUT2D eigenvalue weighted by Crippen LogP contribution is 2.25. The molecule has 3 rings (SSSR count). The molecule has 1 aromatic heterocycles. The van der Waals surface area contributed by atoms with Crippen molar-refractivity contribution in [1.82, 2.24) is 15.6 Å². The summed E-state index contributed by atoms with van der Waals surface area (Å²) >= 11 is 6.27. The molecule has 0 saturated carbocycles. The maximum atomic E-state index is 6.27. The van der Waals surface area contributed by atoms with Gasteiger partial charge in [-0.25, -0.2) is 4.98 Å². The second-order valence-electron chi connectivity index (χ2n) is 6.39. The fourth-order valence-corrected chi connectivity index (χ4v) is 3.41. The van der Waals surface area contributed by atoms with Crippen molar-refractivity contribution in [1.29, 1.82) is 0 Å². The van der Waals surface area contributed by atoms with Gasteiger partial charge in [-0.15, -0.1) is 0 Å². The summed E-state index contributed by atoms with van der Waals surface area (Å²) in [5.74, 6) is 2.52. The van der Waals surface area contributed by atoms with Crippen LogP contribution in [0.5, 0.6) is 5.75 Å². The monoisotopic (exact) mass is 387 g/mol. The van der Waals surface area contributed by atoms with Crippen molar-refractivity contribution in [3.05, 3.63) is 53.2 Å². The van der Waals surface area contributed by atoms with Gasteiger partial charge in [0.15, 0.2) is 5.96 Å². The van der Waals surface area contributed by atoms with Crippen LogP contribution < -0.4 is 20.3 Å². The fourth-order valence-electron chi connectivity index (χ4n) is 3.17. The van der Waals surface area contributed by atoms with Gasteiger partial charge in [0.1, 0.15) is 11.6 Å². The van der Waals surface area contributed by atoms with E-state index >= 15 is 0 Å². The standard InChI is InChI=1S/C20H26ClN5O/c1-3-27-17-7-4-6-15(12-17)13-24-20(22-2)25-16-9-11-26(14-16)19-18(21)8-5-10-23-19/h4-8,10,12,16H,3,9,11,13-14H2,1-2H3,(H2,22,24,25). The molecule has 1 fully saturated rings. The number of hydrogen-bond donors (Lipinski definition) is 2. The van der Waals surface area contributed by atoms with Crippen LogP contribution in [0.15, 0.2) is 47.6 Å². The second-order valence-corrected chi connectivity index (χ2v) is 6.80. The van der Waals surface area contributed by atoms with E-state index in [1.54, 1.807) is 13.2 Å². The summed E-state index contributed by atoms with van der Waals surface area (Å²) in [4.78, 5) is 11.0. The molecule has 1 atom stereocenters. The van der Waals surface area contributed by atoms with E-state index in [9.17, 15) is 0 Å². The summed E-state index contributed by atoms with van der Waals surface area (Å²) in [6.45, 7) is 5.10. The lowest BCUT2D eigenvalue weighted by Crippen LogP contribution is -2.44. The maximum Gasteiger partial charge on any atom is 0.191 e. The fraction of sp³-hybridized carbons (Fsp3) is 0.400. The zero-order valence-electron chi connectivity index (χ0n) is 15.8. The van der Waals surface area contributed by atoms with Crippen molar-refractivity contribution >= 4 is 23.4 Å². The van der Waals surface area contributed by atoms with Crippen molar-refractivity contribution in [3.8, 4) is 5.75 Å². The van der Waals surface area contributed by atoms with E-state index in [0.717, 1.165) is 42.6 Å². The van der Waals surface area contributed by atoms with Crippen molar-refractivity contribution < 1.29 is 4.74 Å². The van der Waals surface area contributed by atoms with Gasteiger partial charge in [-0.3, -0.25) is 4.99 Å². The zero-order chi connectivity index (χ0) is 19.1. The Morgan fingerprint density at radius 1 is 1.37 bits per heavy atom. The molecule has 6 nitrogen and oxygen atoms in total. The molecule has 2 aromatic rings. The van der Waals surface area contributed by atoms with Gasteiger partial charge in [0, 0.05) is 38.9 Å². The molecule has 2 heterocycles. The molecule has 0 radical (unpaired) electrons. The van der Waals surface area contributed by atoms with Crippen LogP contribution in [0, 0.1) is 0 Å². The quantitative estimate of drug-likeness (QED) is 0.589. The van der Waals surface area contributed by atoms with Crippen molar-refractivity contribution in [3.63, 3.8) is 0 Å². The maximum absolute atomic E-state index is 6.27. The third-order valence-corrected chi connectivity index (χ3v) is 4.76. The molecule has 1 aromatic carbocycles. The topological polar surface area (TPSA) is 61.8 Å². The molecule has 1 unspecified atom stereocenters. The van der Waals surface area contributed by atoms with Crippen molar-refractivity contribution in [2.75, 3.05) is 31.6 Å². The minimum Gasteiger partial charge on any atom is -0.494 e. The first kappa shape index (κ1) is 19.3. The minimum absolute atomic E-state index is 0.295. The molecule has 7 heteroatoms. The van der Waals surface area contributed by atoms with Crippen LogP contribution in [0.1, 0.15) is 18.9 Å². The summed E-state index contributed by atoms with van der Waals surface area (Å²) in [6.07, 6.45) is 2.78. The molecule has 1 saturated heterocycles. The number of halogens is 1. The Labute approximate surface area is 165 Å². The summed E-state index contributed by atoms with van der Waals surface area (Å²) in [7, 11) is 1.79. The lowest BCUT2D eigenvalue weighted by atomic mass is 10.2. The number of nitrogens with zero attached hydrogens (tertiary/aromatic N) is 3. The average Bonchev–Trinajstić information content (AvgIpc) is 3.14. The van der Waals surface area contributed by atoms with Crippen molar-refractivity contribution in [2.24, 2.45) is 4.99 Å². The smallest absolute Gasteiger partial charge is 0.191 e. The molecular formula is C20H26ClN5O. The molecule has 0 amide bonds. The molecular weight excluding hydrogens is 362 g/mol. The molecule has 1 aliphatic rings. The Morgan fingerprint density at radius 2 is 2.26 bits per heavy atom. The molecule has 0 bridgehead atoms. The van der Waals surface area contributed by atoms with Gasteiger partial charge in [-0.05, 0) is 43.2 Å². The van der Waals surface area contributed by atoms with Gasteiger partial charge in [-0.2, -0.15) is 0 Å². The number of ether oxygens (including phenoxy) is 1. The van der Waals surface area contributed by atoms with E-state index in [2.05, 4.69) is 31.6 Å². The van der Waals surface area contributed by atoms with Crippen LogP contribution in [-0.4, -0.2) is 43.7 Å². The number of pyridine rings is 1. The summed E-state index contributed by atoms with van der Waals surface area (Å²) < 4.78 is 5.55. The number of aliphatic imine (C=N–C) groups is 1.